The van der Waals surface area contributed by atoms with Crippen LogP contribution in [0.3, 0.4) is 0 Å². The highest BCUT2D eigenvalue weighted by atomic mass is 32.1. The molecule has 1 aromatic rings. The molecule has 1 aliphatic heterocycles. The van der Waals surface area contributed by atoms with Crippen molar-refractivity contribution in [2.24, 2.45) is 11.1 Å². The molecular weight excluding hydrogens is 256 g/mol. The maximum Gasteiger partial charge on any atom is 0.123 e. The minimum Gasteiger partial charge on any atom is -0.492 e. The van der Waals surface area contributed by atoms with Crippen LogP contribution in [0.15, 0.2) is 24.3 Å². The lowest BCUT2D eigenvalue weighted by Gasteiger charge is -2.25. The van der Waals surface area contributed by atoms with Gasteiger partial charge in [0.1, 0.15) is 12.4 Å². The number of nitrogens with two attached hydrogens (primary N) is 1. The molecule has 0 spiro atoms. The normalized spacial score (nSPS) is 21.1. The van der Waals surface area contributed by atoms with Gasteiger partial charge in [-0.1, -0.05) is 30.4 Å². The van der Waals surface area contributed by atoms with Crippen molar-refractivity contribution in [1.29, 1.82) is 0 Å². The van der Waals surface area contributed by atoms with E-state index in [-0.39, 0.29) is 0 Å². The molecule has 1 heterocycles. The Kier molecular flexibility index (Phi) is 3.46. The molecule has 0 amide bonds. The largest absolute Gasteiger partial charge is 0.492 e. The molecule has 102 valence electrons. The molecule has 0 bridgehead atoms. The molecule has 0 atom stereocenters. The van der Waals surface area contributed by atoms with E-state index in [0.29, 0.717) is 10.4 Å². The predicted octanol–water partition coefficient (Wildman–Crippen LogP) is 2.34. The third-order valence-electron chi connectivity index (χ3n) is 4.10. The summed E-state index contributed by atoms with van der Waals surface area (Å²) in [6, 6.07) is 8.32. The Morgan fingerprint density at radius 2 is 2.16 bits per heavy atom. The van der Waals surface area contributed by atoms with Gasteiger partial charge in [-0.15, -0.1) is 0 Å². The summed E-state index contributed by atoms with van der Waals surface area (Å²) in [6.07, 6.45) is 3.40. The van der Waals surface area contributed by atoms with Gasteiger partial charge < -0.3 is 10.5 Å². The van der Waals surface area contributed by atoms with Crippen LogP contribution in [-0.4, -0.2) is 29.6 Å². The molecule has 3 nitrogen and oxygen atoms in total. The standard InChI is InChI=1S/C15H20N2OS/c16-14(19)9-15(5-6-15)11-17-7-8-18-13-4-2-1-3-12(13)10-17/h1-4H,5-11H2,(H2,16,19). The second-order valence-corrected chi connectivity index (χ2v) is 6.33. The van der Waals surface area contributed by atoms with E-state index in [1.807, 2.05) is 6.07 Å². The lowest BCUT2D eigenvalue weighted by Crippen LogP contribution is -2.33. The monoisotopic (exact) mass is 276 g/mol. The lowest BCUT2D eigenvalue weighted by molar-refractivity contribution is 0.192. The second kappa shape index (κ2) is 5.10. The number of para-hydroxylation sites is 1. The van der Waals surface area contributed by atoms with Crippen molar-refractivity contribution >= 4 is 17.2 Å². The molecule has 3 rings (SSSR count). The van der Waals surface area contributed by atoms with Crippen LogP contribution in [0.4, 0.5) is 0 Å². The number of benzene rings is 1. The van der Waals surface area contributed by atoms with Gasteiger partial charge in [-0.2, -0.15) is 0 Å². The minimum absolute atomic E-state index is 0.352. The molecule has 19 heavy (non-hydrogen) atoms. The lowest BCUT2D eigenvalue weighted by atomic mass is 10.0. The summed E-state index contributed by atoms with van der Waals surface area (Å²) < 4.78 is 5.80. The summed E-state index contributed by atoms with van der Waals surface area (Å²) in [5.41, 5.74) is 7.36. The van der Waals surface area contributed by atoms with E-state index in [4.69, 9.17) is 22.7 Å². The first-order valence-corrected chi connectivity index (χ1v) is 7.29. The average Bonchev–Trinajstić information content (AvgIpc) is 3.12. The quantitative estimate of drug-likeness (QED) is 0.857. The zero-order chi connectivity index (χ0) is 13.3. The van der Waals surface area contributed by atoms with Gasteiger partial charge in [0.15, 0.2) is 0 Å². The van der Waals surface area contributed by atoms with E-state index in [0.717, 1.165) is 38.4 Å². The van der Waals surface area contributed by atoms with E-state index in [2.05, 4.69) is 23.1 Å². The molecular formula is C15H20N2OS. The first-order valence-electron chi connectivity index (χ1n) is 6.88. The summed E-state index contributed by atoms with van der Waals surface area (Å²) in [5, 5.41) is 0. The number of nitrogens with zero attached hydrogens (tertiary/aromatic N) is 1. The van der Waals surface area contributed by atoms with E-state index >= 15 is 0 Å². The third kappa shape index (κ3) is 3.07. The van der Waals surface area contributed by atoms with Crippen molar-refractivity contribution in [3.63, 3.8) is 0 Å². The Morgan fingerprint density at radius 3 is 2.89 bits per heavy atom. The molecule has 0 radical (unpaired) electrons. The molecule has 2 N–H and O–H groups in total. The second-order valence-electron chi connectivity index (χ2n) is 5.81. The molecule has 2 aliphatic rings. The van der Waals surface area contributed by atoms with Gasteiger partial charge in [-0.05, 0) is 24.3 Å². The van der Waals surface area contributed by atoms with Crippen LogP contribution in [-0.2, 0) is 6.54 Å². The Bertz CT molecular complexity index is 485. The van der Waals surface area contributed by atoms with Crippen molar-refractivity contribution in [2.75, 3.05) is 19.7 Å². The molecule has 1 aromatic carbocycles. The maximum atomic E-state index is 5.80. The first-order chi connectivity index (χ1) is 9.17. The highest BCUT2D eigenvalue weighted by Crippen LogP contribution is 2.49. The molecule has 1 saturated carbocycles. The summed E-state index contributed by atoms with van der Waals surface area (Å²) in [4.78, 5) is 3.14. The van der Waals surface area contributed by atoms with Crippen LogP contribution < -0.4 is 10.5 Å². The van der Waals surface area contributed by atoms with Crippen LogP contribution in [0.5, 0.6) is 5.75 Å². The highest BCUT2D eigenvalue weighted by Gasteiger charge is 2.44. The Labute approximate surface area is 119 Å². The zero-order valence-electron chi connectivity index (χ0n) is 11.1. The summed E-state index contributed by atoms with van der Waals surface area (Å²) >= 11 is 5.08. The first kappa shape index (κ1) is 12.9. The van der Waals surface area contributed by atoms with Gasteiger partial charge in [0.05, 0.1) is 4.99 Å². The fourth-order valence-electron chi connectivity index (χ4n) is 2.93. The number of fused-ring (bicyclic) bond motifs is 1. The third-order valence-corrected chi connectivity index (χ3v) is 4.24. The van der Waals surface area contributed by atoms with Gasteiger partial charge in [-0.25, -0.2) is 0 Å². The molecule has 1 aliphatic carbocycles. The molecule has 1 fully saturated rings. The summed E-state index contributed by atoms with van der Waals surface area (Å²) in [5.74, 6) is 1.03. The fourth-order valence-corrected chi connectivity index (χ4v) is 3.23. The van der Waals surface area contributed by atoms with E-state index in [9.17, 15) is 0 Å². The maximum absolute atomic E-state index is 5.80. The number of hydrogen-bond donors (Lipinski definition) is 1. The van der Waals surface area contributed by atoms with Gasteiger partial charge in [-0.3, -0.25) is 4.90 Å². The van der Waals surface area contributed by atoms with Crippen molar-refractivity contribution < 1.29 is 4.74 Å². The van der Waals surface area contributed by atoms with Gasteiger partial charge in [0.2, 0.25) is 0 Å². The van der Waals surface area contributed by atoms with Gasteiger partial charge in [0.25, 0.3) is 0 Å². The minimum atomic E-state index is 0.352. The van der Waals surface area contributed by atoms with Crippen LogP contribution in [0.2, 0.25) is 0 Å². The van der Waals surface area contributed by atoms with E-state index in [1.165, 1.54) is 18.4 Å². The van der Waals surface area contributed by atoms with Crippen LogP contribution in [0.25, 0.3) is 0 Å². The summed E-state index contributed by atoms with van der Waals surface area (Å²) in [6.45, 7) is 3.80. The number of thiocarbonyl (C=S) groups is 1. The molecule has 4 heteroatoms. The van der Waals surface area contributed by atoms with E-state index in [1.54, 1.807) is 0 Å². The predicted molar refractivity (Wildman–Crippen MR) is 80.3 cm³/mol. The Balaban J connectivity index is 1.68. The Hall–Kier alpha value is -1.13. The van der Waals surface area contributed by atoms with Gasteiger partial charge in [0, 0.05) is 31.6 Å². The molecule has 0 aromatic heterocycles. The van der Waals surface area contributed by atoms with Crippen molar-refractivity contribution in [3.05, 3.63) is 29.8 Å². The van der Waals surface area contributed by atoms with Crippen molar-refractivity contribution in [1.82, 2.24) is 4.90 Å². The van der Waals surface area contributed by atoms with E-state index < -0.39 is 0 Å². The molecule has 0 saturated heterocycles. The van der Waals surface area contributed by atoms with Crippen LogP contribution in [0.1, 0.15) is 24.8 Å². The highest BCUT2D eigenvalue weighted by molar-refractivity contribution is 7.80. The van der Waals surface area contributed by atoms with Gasteiger partial charge >= 0.3 is 0 Å². The van der Waals surface area contributed by atoms with Crippen molar-refractivity contribution in [3.8, 4) is 5.75 Å². The van der Waals surface area contributed by atoms with Crippen molar-refractivity contribution in [2.45, 2.75) is 25.8 Å². The SMILES string of the molecule is NC(=S)CC1(CN2CCOc3ccccc3C2)CC1. The number of rotatable bonds is 4. The molecule has 0 unspecified atom stereocenters. The smallest absolute Gasteiger partial charge is 0.123 e. The number of hydrogen-bond acceptors (Lipinski definition) is 3. The summed E-state index contributed by atoms with van der Waals surface area (Å²) in [7, 11) is 0. The zero-order valence-corrected chi connectivity index (χ0v) is 11.9. The Morgan fingerprint density at radius 1 is 1.37 bits per heavy atom. The fraction of sp³-hybridized carbons (Fsp3) is 0.533. The topological polar surface area (TPSA) is 38.5 Å². The van der Waals surface area contributed by atoms with Crippen LogP contribution in [0, 0.1) is 5.41 Å². The average molecular weight is 276 g/mol. The van der Waals surface area contributed by atoms with Crippen LogP contribution >= 0.6 is 12.2 Å². The number of ether oxygens (including phenoxy) is 1.